The van der Waals surface area contributed by atoms with Crippen LogP contribution in [0.1, 0.15) is 56.2 Å². The molecule has 182 valence electrons. The molecule has 7 nitrogen and oxygen atoms in total. The smallest absolute Gasteiger partial charge is 0.230 e. The Kier molecular flexibility index (Phi) is 11.2. The summed E-state index contributed by atoms with van der Waals surface area (Å²) in [5.41, 5.74) is 0.941. The molecule has 2 fully saturated rings. The van der Waals surface area contributed by atoms with Gasteiger partial charge in [-0.15, -0.1) is 35.3 Å². The number of carbonyl (C=O) groups excluding carboxylic acids is 1. The number of thiazole rings is 1. The van der Waals surface area contributed by atoms with Gasteiger partial charge in [0.15, 0.2) is 5.96 Å². The number of carbonyl (C=O) groups is 1. The molecular weight excluding hydrogens is 535 g/mol. The Bertz CT molecular complexity index is 739. The maximum atomic E-state index is 12.8. The van der Waals surface area contributed by atoms with Gasteiger partial charge in [0.2, 0.25) is 5.91 Å². The van der Waals surface area contributed by atoms with Crippen LogP contribution in [0.4, 0.5) is 0 Å². The largest absolute Gasteiger partial charge is 0.356 e. The fourth-order valence-electron chi connectivity index (χ4n) is 4.87. The van der Waals surface area contributed by atoms with E-state index in [0.29, 0.717) is 12.5 Å². The van der Waals surface area contributed by atoms with Crippen molar-refractivity contribution in [2.24, 2.45) is 16.3 Å². The Labute approximate surface area is 214 Å². The van der Waals surface area contributed by atoms with Crippen LogP contribution in [0.25, 0.3) is 0 Å². The first-order valence-corrected chi connectivity index (χ1v) is 12.7. The van der Waals surface area contributed by atoms with Crippen LogP contribution in [0, 0.1) is 11.3 Å². The lowest BCUT2D eigenvalue weighted by Crippen LogP contribution is -2.50. The highest BCUT2D eigenvalue weighted by Crippen LogP contribution is 2.38. The second-order valence-electron chi connectivity index (χ2n) is 9.30. The Morgan fingerprint density at radius 3 is 2.53 bits per heavy atom. The van der Waals surface area contributed by atoms with Gasteiger partial charge in [0, 0.05) is 46.2 Å². The number of aromatic nitrogens is 1. The summed E-state index contributed by atoms with van der Waals surface area (Å²) in [7, 11) is 5.53. The molecule has 2 aliphatic rings. The molecule has 0 bridgehead atoms. The molecule has 1 aromatic rings. The number of rotatable bonds is 8. The highest BCUT2D eigenvalue weighted by atomic mass is 127. The Morgan fingerprint density at radius 2 is 1.97 bits per heavy atom. The highest BCUT2D eigenvalue weighted by molar-refractivity contribution is 14.0. The summed E-state index contributed by atoms with van der Waals surface area (Å²) < 4.78 is 0. The number of halogens is 1. The summed E-state index contributed by atoms with van der Waals surface area (Å²) in [5.74, 6) is 1.71. The fourth-order valence-corrected chi connectivity index (χ4v) is 5.60. The minimum Gasteiger partial charge on any atom is -0.356 e. The number of aryl methyl sites for hydroxylation is 1. The molecule has 0 unspecified atom stereocenters. The molecular formula is C23H41IN6OS. The fraction of sp³-hybridized carbons (Fsp3) is 0.783. The molecule has 3 rings (SSSR count). The molecule has 0 spiro atoms. The number of aliphatic imine (C=N–C) groups is 1. The van der Waals surface area contributed by atoms with E-state index in [1.165, 1.54) is 23.5 Å². The molecule has 1 aliphatic carbocycles. The Hall–Kier alpha value is -0.940. The van der Waals surface area contributed by atoms with Crippen molar-refractivity contribution >= 4 is 47.2 Å². The number of guanidine groups is 1. The van der Waals surface area contributed by atoms with Crippen LogP contribution in [-0.2, 0) is 17.8 Å². The number of amides is 1. The lowest BCUT2D eigenvalue weighted by Gasteiger charge is -2.33. The molecule has 1 saturated carbocycles. The predicted molar refractivity (Wildman–Crippen MR) is 144 cm³/mol. The molecule has 0 atom stereocenters. The van der Waals surface area contributed by atoms with Crippen LogP contribution in [0.3, 0.4) is 0 Å². The minimum atomic E-state index is -0.278. The zero-order chi connectivity index (χ0) is 22.3. The Balaban J connectivity index is 0.00000363. The van der Waals surface area contributed by atoms with Crippen molar-refractivity contribution in [2.75, 3.05) is 47.3 Å². The maximum Gasteiger partial charge on any atom is 0.230 e. The average molecular weight is 577 g/mol. The lowest BCUT2D eigenvalue weighted by molar-refractivity contribution is -0.138. The molecule has 1 amide bonds. The zero-order valence-electron chi connectivity index (χ0n) is 20.2. The van der Waals surface area contributed by atoms with Crippen molar-refractivity contribution in [1.29, 1.82) is 0 Å². The van der Waals surface area contributed by atoms with Crippen molar-refractivity contribution in [3.05, 3.63) is 16.1 Å². The molecule has 32 heavy (non-hydrogen) atoms. The Morgan fingerprint density at radius 1 is 1.28 bits per heavy atom. The topological polar surface area (TPSA) is 72.9 Å². The van der Waals surface area contributed by atoms with Crippen LogP contribution in [-0.4, -0.2) is 74.0 Å². The first kappa shape index (κ1) is 27.3. The molecule has 2 heterocycles. The van der Waals surface area contributed by atoms with Crippen LogP contribution in [0.2, 0.25) is 0 Å². The van der Waals surface area contributed by atoms with Crippen LogP contribution in [0.5, 0.6) is 0 Å². The van der Waals surface area contributed by atoms with Gasteiger partial charge in [-0.3, -0.25) is 14.7 Å². The first-order chi connectivity index (χ1) is 15.0. The molecule has 1 aromatic heterocycles. The molecule has 0 aromatic carbocycles. The van der Waals surface area contributed by atoms with Crippen molar-refractivity contribution < 1.29 is 4.79 Å². The van der Waals surface area contributed by atoms with Crippen molar-refractivity contribution in [3.8, 4) is 0 Å². The van der Waals surface area contributed by atoms with E-state index in [2.05, 4.69) is 32.8 Å². The van der Waals surface area contributed by atoms with Crippen LogP contribution < -0.4 is 10.6 Å². The van der Waals surface area contributed by atoms with Gasteiger partial charge in [-0.05, 0) is 51.1 Å². The number of likely N-dealkylation sites (tertiary alicyclic amines) is 1. The van der Waals surface area contributed by atoms with E-state index < -0.39 is 0 Å². The van der Waals surface area contributed by atoms with E-state index in [9.17, 15) is 4.79 Å². The first-order valence-electron chi connectivity index (χ1n) is 11.8. The van der Waals surface area contributed by atoms with Gasteiger partial charge in [0.25, 0.3) is 0 Å². The second kappa shape index (κ2) is 13.1. The summed E-state index contributed by atoms with van der Waals surface area (Å²) in [6.07, 6.45) is 7.60. The third-order valence-electron chi connectivity index (χ3n) is 6.79. The summed E-state index contributed by atoms with van der Waals surface area (Å²) in [6, 6.07) is 0. The van der Waals surface area contributed by atoms with Crippen LogP contribution >= 0.6 is 35.3 Å². The molecule has 0 radical (unpaired) electrons. The summed E-state index contributed by atoms with van der Waals surface area (Å²) >= 11 is 1.78. The summed E-state index contributed by atoms with van der Waals surface area (Å²) in [6.45, 7) is 6.98. The molecule has 9 heteroatoms. The molecule has 2 N–H and O–H groups in total. The summed E-state index contributed by atoms with van der Waals surface area (Å²) in [4.78, 5) is 26.1. The molecule has 1 aliphatic heterocycles. The average Bonchev–Trinajstić information content (AvgIpc) is 3.44. The van der Waals surface area contributed by atoms with Crippen LogP contribution in [0.15, 0.2) is 10.4 Å². The van der Waals surface area contributed by atoms with Gasteiger partial charge in [-0.1, -0.05) is 19.8 Å². The van der Waals surface area contributed by atoms with Gasteiger partial charge in [0.1, 0.15) is 0 Å². The molecule has 1 saturated heterocycles. The van der Waals surface area contributed by atoms with E-state index in [4.69, 9.17) is 4.98 Å². The van der Waals surface area contributed by atoms with E-state index in [1.54, 1.807) is 16.2 Å². The third kappa shape index (κ3) is 7.28. The summed E-state index contributed by atoms with van der Waals surface area (Å²) in [5, 5.41) is 10.4. The standard InChI is InChI=1S/C23H40N6OS.HI/c1-5-20-27-19(16-31-20)15-29-12-8-18(9-13-29)14-25-22(24-2)26-17-23(10-6-7-11-23)21(30)28(3)4;/h16,18H,5-15,17H2,1-4H3,(H2,24,25,26);1H. The number of hydrogen-bond donors (Lipinski definition) is 2. The zero-order valence-corrected chi connectivity index (χ0v) is 23.3. The van der Waals surface area contributed by atoms with Gasteiger partial charge >= 0.3 is 0 Å². The predicted octanol–water partition coefficient (Wildman–Crippen LogP) is 3.35. The maximum absolute atomic E-state index is 12.8. The number of nitrogens with one attached hydrogen (secondary N) is 2. The van der Waals surface area contributed by atoms with Gasteiger partial charge < -0.3 is 15.5 Å². The quantitative estimate of drug-likeness (QED) is 0.282. The lowest BCUT2D eigenvalue weighted by atomic mass is 9.84. The van der Waals surface area contributed by atoms with Gasteiger partial charge in [0.05, 0.1) is 16.1 Å². The van der Waals surface area contributed by atoms with Gasteiger partial charge in [-0.25, -0.2) is 4.98 Å². The van der Waals surface area contributed by atoms with E-state index >= 15 is 0 Å². The SMILES string of the molecule is CCc1nc(CN2CCC(CNC(=NC)NCC3(C(=O)N(C)C)CCCC3)CC2)cs1.I. The van der Waals surface area contributed by atoms with Crippen molar-refractivity contribution in [2.45, 2.75) is 58.4 Å². The normalized spacial score (nSPS) is 19.4. The highest BCUT2D eigenvalue weighted by Gasteiger charge is 2.42. The number of hydrogen-bond acceptors (Lipinski definition) is 5. The van der Waals surface area contributed by atoms with E-state index in [0.717, 1.165) is 64.2 Å². The van der Waals surface area contributed by atoms with Crippen molar-refractivity contribution in [1.82, 2.24) is 25.4 Å². The second-order valence-corrected chi connectivity index (χ2v) is 10.2. The minimum absolute atomic E-state index is 0. The van der Waals surface area contributed by atoms with Gasteiger partial charge in [-0.2, -0.15) is 0 Å². The number of nitrogens with zero attached hydrogens (tertiary/aromatic N) is 4. The third-order valence-corrected chi connectivity index (χ3v) is 7.83. The van der Waals surface area contributed by atoms with E-state index in [-0.39, 0.29) is 35.3 Å². The van der Waals surface area contributed by atoms with E-state index in [1.807, 2.05) is 21.1 Å². The monoisotopic (exact) mass is 576 g/mol. The van der Waals surface area contributed by atoms with Crippen molar-refractivity contribution in [3.63, 3.8) is 0 Å². The number of piperidine rings is 1.